The van der Waals surface area contributed by atoms with Gasteiger partial charge in [-0.05, 0) is 31.2 Å². The molecule has 8 nitrogen and oxygen atoms in total. The van der Waals surface area contributed by atoms with Crippen molar-refractivity contribution in [3.05, 3.63) is 78.6 Å². The smallest absolute Gasteiger partial charge is 0.251 e. The largest absolute Gasteiger partial charge is 0.497 e. The van der Waals surface area contributed by atoms with Gasteiger partial charge in [-0.25, -0.2) is 0 Å². The number of hydrogen-bond donors (Lipinski definition) is 2. The molecule has 1 atom stereocenters. The summed E-state index contributed by atoms with van der Waals surface area (Å²) in [6.07, 6.45) is 1.72. The lowest BCUT2D eigenvalue weighted by Gasteiger charge is -2.15. The monoisotopic (exact) mass is 451 g/mol. The van der Waals surface area contributed by atoms with Gasteiger partial charge in [-0.3, -0.25) is 9.59 Å². The minimum absolute atomic E-state index is 0.150. The van der Waals surface area contributed by atoms with E-state index in [1.165, 1.54) is 11.8 Å². The first-order valence-corrected chi connectivity index (χ1v) is 11.0. The van der Waals surface area contributed by atoms with Gasteiger partial charge in [0.25, 0.3) is 5.91 Å². The first-order chi connectivity index (χ1) is 15.5. The molecule has 2 amide bonds. The maximum atomic E-state index is 12.5. The van der Waals surface area contributed by atoms with Crippen LogP contribution in [0.2, 0.25) is 0 Å². The van der Waals surface area contributed by atoms with Crippen LogP contribution in [0.4, 0.5) is 5.69 Å². The van der Waals surface area contributed by atoms with Gasteiger partial charge < -0.3 is 19.9 Å². The van der Waals surface area contributed by atoms with Gasteiger partial charge in [0.05, 0.1) is 18.9 Å². The molecule has 0 fully saturated rings. The molecular weight excluding hydrogens is 426 g/mol. The zero-order chi connectivity index (χ0) is 22.9. The summed E-state index contributed by atoms with van der Waals surface area (Å²) in [7, 11) is 1.57. The average molecular weight is 452 g/mol. The molecule has 1 heterocycles. The van der Waals surface area contributed by atoms with Crippen LogP contribution in [0, 0.1) is 0 Å². The third-order valence-corrected chi connectivity index (χ3v) is 5.48. The van der Waals surface area contributed by atoms with E-state index in [4.69, 9.17) is 4.74 Å². The predicted molar refractivity (Wildman–Crippen MR) is 125 cm³/mol. The standard InChI is InChI=1S/C23H25N5O3S/c1-4-13-28-21(16(2)24-22(30)17-9-6-5-7-10-17)26-27-23(28)32-15-20(29)25-18-11-8-12-19(14-18)31-3/h4-12,14,16H,1,13,15H2,2-3H3,(H,24,30)(H,25,29)/t16-/m0/s1. The van der Waals surface area contributed by atoms with E-state index in [2.05, 4.69) is 27.4 Å². The highest BCUT2D eigenvalue weighted by Gasteiger charge is 2.20. The molecule has 1 aromatic heterocycles. The number of amides is 2. The molecule has 3 rings (SSSR count). The van der Waals surface area contributed by atoms with Crippen molar-refractivity contribution in [3.8, 4) is 5.75 Å². The number of carbonyl (C=O) groups is 2. The second kappa shape index (κ2) is 11.1. The lowest BCUT2D eigenvalue weighted by molar-refractivity contribution is -0.113. The van der Waals surface area contributed by atoms with Gasteiger partial charge in [-0.1, -0.05) is 42.1 Å². The molecule has 0 saturated heterocycles. The number of ether oxygens (including phenoxy) is 1. The Kier molecular flexibility index (Phi) is 8.04. The highest BCUT2D eigenvalue weighted by atomic mass is 32.2. The van der Waals surface area contributed by atoms with Gasteiger partial charge in [0.2, 0.25) is 5.91 Å². The number of benzene rings is 2. The fraction of sp³-hybridized carbons (Fsp3) is 0.217. The highest BCUT2D eigenvalue weighted by Crippen LogP contribution is 2.22. The molecule has 0 aliphatic rings. The second-order valence-corrected chi connectivity index (χ2v) is 7.81. The van der Waals surface area contributed by atoms with Crippen LogP contribution in [0.1, 0.15) is 29.1 Å². The Bertz CT molecular complexity index is 1080. The van der Waals surface area contributed by atoms with Crippen LogP contribution < -0.4 is 15.4 Å². The van der Waals surface area contributed by atoms with E-state index >= 15 is 0 Å². The molecule has 3 aromatic rings. The van der Waals surface area contributed by atoms with Crippen LogP contribution in [-0.4, -0.2) is 39.4 Å². The van der Waals surface area contributed by atoms with Crippen molar-refractivity contribution >= 4 is 29.3 Å². The molecule has 166 valence electrons. The van der Waals surface area contributed by atoms with Crippen molar-refractivity contribution < 1.29 is 14.3 Å². The maximum absolute atomic E-state index is 12.5. The average Bonchev–Trinajstić information content (AvgIpc) is 3.21. The van der Waals surface area contributed by atoms with E-state index < -0.39 is 0 Å². The van der Waals surface area contributed by atoms with Crippen molar-refractivity contribution in [2.75, 3.05) is 18.2 Å². The minimum Gasteiger partial charge on any atom is -0.497 e. The topological polar surface area (TPSA) is 98.1 Å². The molecule has 0 unspecified atom stereocenters. The molecule has 2 aromatic carbocycles. The first kappa shape index (κ1) is 23.1. The minimum atomic E-state index is -0.380. The molecule has 32 heavy (non-hydrogen) atoms. The van der Waals surface area contributed by atoms with E-state index in [1.807, 2.05) is 29.7 Å². The number of allylic oxidation sites excluding steroid dienone is 1. The van der Waals surface area contributed by atoms with Crippen molar-refractivity contribution in [3.63, 3.8) is 0 Å². The molecule has 0 spiro atoms. The van der Waals surface area contributed by atoms with Crippen LogP contribution in [-0.2, 0) is 11.3 Å². The van der Waals surface area contributed by atoms with Crippen molar-refractivity contribution in [1.82, 2.24) is 20.1 Å². The molecular formula is C23H25N5O3S. The Hall–Kier alpha value is -3.59. The number of methoxy groups -OCH3 is 1. The Labute approximate surface area is 191 Å². The summed E-state index contributed by atoms with van der Waals surface area (Å²) in [5, 5.41) is 14.8. The van der Waals surface area contributed by atoms with Crippen LogP contribution in [0.25, 0.3) is 0 Å². The number of hydrogen-bond acceptors (Lipinski definition) is 6. The summed E-state index contributed by atoms with van der Waals surface area (Å²) in [4.78, 5) is 24.9. The third kappa shape index (κ3) is 5.98. The molecule has 0 aliphatic heterocycles. The zero-order valence-electron chi connectivity index (χ0n) is 17.9. The number of carbonyl (C=O) groups excluding carboxylic acids is 2. The molecule has 0 aliphatic carbocycles. The Morgan fingerprint density at radius 1 is 1.19 bits per heavy atom. The number of anilines is 1. The van der Waals surface area contributed by atoms with Gasteiger partial charge in [-0.15, -0.1) is 16.8 Å². The van der Waals surface area contributed by atoms with Gasteiger partial charge in [0, 0.05) is 23.9 Å². The number of rotatable bonds is 10. The normalized spacial score (nSPS) is 11.4. The van der Waals surface area contributed by atoms with Crippen molar-refractivity contribution in [2.45, 2.75) is 24.7 Å². The van der Waals surface area contributed by atoms with Crippen LogP contribution in [0.15, 0.2) is 72.4 Å². The third-order valence-electron chi connectivity index (χ3n) is 4.51. The van der Waals surface area contributed by atoms with E-state index in [0.717, 1.165) is 0 Å². The summed E-state index contributed by atoms with van der Waals surface area (Å²) in [5.74, 6) is 1.03. The molecule has 0 saturated carbocycles. The molecule has 9 heteroatoms. The molecule has 2 N–H and O–H groups in total. The number of thioether (sulfide) groups is 1. The summed E-state index contributed by atoms with van der Waals surface area (Å²) >= 11 is 1.26. The first-order valence-electron chi connectivity index (χ1n) is 9.98. The van der Waals surface area contributed by atoms with E-state index in [1.54, 1.807) is 49.6 Å². The molecule has 0 radical (unpaired) electrons. The van der Waals surface area contributed by atoms with E-state index in [9.17, 15) is 9.59 Å². The Balaban J connectivity index is 1.65. The van der Waals surface area contributed by atoms with Crippen molar-refractivity contribution in [1.29, 1.82) is 0 Å². The predicted octanol–water partition coefficient (Wildman–Crippen LogP) is 3.69. The van der Waals surface area contributed by atoms with Crippen LogP contribution in [0.5, 0.6) is 5.75 Å². The summed E-state index contributed by atoms with van der Waals surface area (Å²) in [5.41, 5.74) is 1.22. The van der Waals surface area contributed by atoms with E-state index in [-0.39, 0.29) is 23.6 Å². The second-order valence-electron chi connectivity index (χ2n) is 6.87. The lowest BCUT2D eigenvalue weighted by Crippen LogP contribution is -2.28. The van der Waals surface area contributed by atoms with Crippen LogP contribution >= 0.6 is 11.8 Å². The summed E-state index contributed by atoms with van der Waals surface area (Å²) in [6.45, 7) is 6.08. The summed E-state index contributed by atoms with van der Waals surface area (Å²) in [6, 6.07) is 15.7. The number of nitrogens with zero attached hydrogens (tertiary/aromatic N) is 3. The van der Waals surface area contributed by atoms with Gasteiger partial charge in [0.1, 0.15) is 5.75 Å². The number of aromatic nitrogens is 3. The summed E-state index contributed by atoms with van der Waals surface area (Å²) < 4.78 is 7.01. The molecule has 0 bridgehead atoms. The SMILES string of the molecule is C=CCn1c(SCC(=O)Nc2cccc(OC)c2)nnc1[C@H](C)NC(=O)c1ccccc1. The highest BCUT2D eigenvalue weighted by molar-refractivity contribution is 7.99. The van der Waals surface area contributed by atoms with Gasteiger partial charge in [-0.2, -0.15) is 0 Å². The van der Waals surface area contributed by atoms with Gasteiger partial charge in [0.15, 0.2) is 11.0 Å². The van der Waals surface area contributed by atoms with Gasteiger partial charge >= 0.3 is 0 Å². The zero-order valence-corrected chi connectivity index (χ0v) is 18.8. The fourth-order valence-electron chi connectivity index (χ4n) is 2.99. The fourth-order valence-corrected chi connectivity index (χ4v) is 3.74. The number of nitrogens with one attached hydrogen (secondary N) is 2. The van der Waals surface area contributed by atoms with Crippen LogP contribution in [0.3, 0.4) is 0 Å². The lowest BCUT2D eigenvalue weighted by atomic mass is 10.2. The van der Waals surface area contributed by atoms with Crippen molar-refractivity contribution in [2.24, 2.45) is 0 Å². The maximum Gasteiger partial charge on any atom is 0.251 e. The quantitative estimate of drug-likeness (QED) is 0.360. The van der Waals surface area contributed by atoms with E-state index in [0.29, 0.717) is 34.5 Å². The Morgan fingerprint density at radius 2 is 1.97 bits per heavy atom. The Morgan fingerprint density at radius 3 is 2.69 bits per heavy atom.